The Labute approximate surface area is 151 Å². The number of carbonyl (C=O) groups excluding carboxylic acids is 1. The van der Waals surface area contributed by atoms with Crippen molar-refractivity contribution in [2.45, 2.75) is 52.6 Å². The van der Waals surface area contributed by atoms with Crippen molar-refractivity contribution in [3.8, 4) is 0 Å². The van der Waals surface area contributed by atoms with Gasteiger partial charge in [-0.3, -0.25) is 0 Å². The summed E-state index contributed by atoms with van der Waals surface area (Å²) in [4.78, 5) is 14.9. The van der Waals surface area contributed by atoms with Crippen LogP contribution in [0.2, 0.25) is 0 Å². The van der Waals surface area contributed by atoms with Gasteiger partial charge in [-0.25, -0.2) is 9.18 Å². The highest BCUT2D eigenvalue weighted by molar-refractivity contribution is 5.74. The Balaban J connectivity index is 1.85. The van der Waals surface area contributed by atoms with E-state index in [-0.39, 0.29) is 29.8 Å². The van der Waals surface area contributed by atoms with Crippen LogP contribution < -0.4 is 10.6 Å². The van der Waals surface area contributed by atoms with E-state index in [0.717, 1.165) is 38.0 Å². The Bertz CT molecular complexity index is 536. The first-order valence-electron chi connectivity index (χ1n) is 9.40. The molecule has 1 unspecified atom stereocenters. The number of hydrogen-bond acceptors (Lipinski definition) is 2. The second kappa shape index (κ2) is 9.18. The van der Waals surface area contributed by atoms with Crippen molar-refractivity contribution in [2.75, 3.05) is 19.6 Å². The summed E-state index contributed by atoms with van der Waals surface area (Å²) < 4.78 is 13.1. The summed E-state index contributed by atoms with van der Waals surface area (Å²) in [6.07, 6.45) is 1.98. The third kappa shape index (κ3) is 6.31. The standard InChI is InChI=1S/C20H32FN3O/c1-14(2)13-24-11-9-18(10-12-24)22-20(25)23-19(15(3)4)16-5-7-17(21)8-6-16/h5-8,14-15,18-19H,9-13H2,1-4H3,(H2,22,23,25). The zero-order valence-corrected chi connectivity index (χ0v) is 15.9. The Morgan fingerprint density at radius 2 is 1.76 bits per heavy atom. The fourth-order valence-electron chi connectivity index (χ4n) is 3.45. The van der Waals surface area contributed by atoms with Gasteiger partial charge < -0.3 is 15.5 Å². The van der Waals surface area contributed by atoms with E-state index in [2.05, 4.69) is 43.2 Å². The quantitative estimate of drug-likeness (QED) is 0.817. The zero-order valence-electron chi connectivity index (χ0n) is 15.9. The lowest BCUT2D eigenvalue weighted by atomic mass is 9.96. The van der Waals surface area contributed by atoms with Gasteiger partial charge >= 0.3 is 6.03 Å². The largest absolute Gasteiger partial charge is 0.335 e. The van der Waals surface area contributed by atoms with Gasteiger partial charge in [-0.1, -0.05) is 39.8 Å². The normalized spacial score (nSPS) is 17.7. The molecule has 0 spiro atoms. The van der Waals surface area contributed by atoms with E-state index < -0.39 is 0 Å². The molecule has 1 aliphatic rings. The average molecular weight is 349 g/mol. The van der Waals surface area contributed by atoms with Gasteiger partial charge in [0.05, 0.1) is 6.04 Å². The number of rotatable bonds is 6. The molecule has 1 aromatic carbocycles. The van der Waals surface area contributed by atoms with Gasteiger partial charge in [0.15, 0.2) is 0 Å². The molecule has 0 bridgehead atoms. The van der Waals surface area contributed by atoms with Crippen LogP contribution in [0, 0.1) is 17.7 Å². The summed E-state index contributed by atoms with van der Waals surface area (Å²) in [5.74, 6) is 0.642. The zero-order chi connectivity index (χ0) is 18.4. The molecule has 5 heteroatoms. The smallest absolute Gasteiger partial charge is 0.315 e. The number of carbonyl (C=O) groups is 1. The van der Waals surface area contributed by atoms with Gasteiger partial charge in [0, 0.05) is 25.7 Å². The van der Waals surface area contributed by atoms with Crippen LogP contribution in [0.3, 0.4) is 0 Å². The average Bonchev–Trinajstić information content (AvgIpc) is 2.55. The van der Waals surface area contributed by atoms with E-state index in [1.165, 1.54) is 12.1 Å². The lowest BCUT2D eigenvalue weighted by molar-refractivity contribution is 0.176. The van der Waals surface area contributed by atoms with Crippen LogP contribution in [0.4, 0.5) is 9.18 Å². The summed E-state index contributed by atoms with van der Waals surface area (Å²) in [6.45, 7) is 11.8. The molecule has 0 saturated carbocycles. The van der Waals surface area contributed by atoms with Crippen LogP contribution in [-0.2, 0) is 0 Å². The van der Waals surface area contributed by atoms with E-state index in [9.17, 15) is 9.18 Å². The van der Waals surface area contributed by atoms with Gasteiger partial charge in [-0.05, 0) is 42.4 Å². The minimum atomic E-state index is -0.260. The van der Waals surface area contributed by atoms with E-state index in [4.69, 9.17) is 0 Å². The minimum absolute atomic E-state index is 0.123. The predicted molar refractivity (Wildman–Crippen MR) is 99.9 cm³/mol. The van der Waals surface area contributed by atoms with Crippen molar-refractivity contribution in [1.82, 2.24) is 15.5 Å². The van der Waals surface area contributed by atoms with Gasteiger partial charge in [-0.2, -0.15) is 0 Å². The number of urea groups is 1. The third-order valence-corrected chi connectivity index (χ3v) is 4.73. The number of nitrogens with one attached hydrogen (secondary N) is 2. The summed E-state index contributed by atoms with van der Waals surface area (Å²) >= 11 is 0. The highest BCUT2D eigenvalue weighted by atomic mass is 19.1. The minimum Gasteiger partial charge on any atom is -0.335 e. The van der Waals surface area contributed by atoms with Gasteiger partial charge in [0.2, 0.25) is 0 Å². The van der Waals surface area contributed by atoms with E-state index in [1.807, 2.05) is 0 Å². The fraction of sp³-hybridized carbons (Fsp3) is 0.650. The topological polar surface area (TPSA) is 44.4 Å². The van der Waals surface area contributed by atoms with E-state index >= 15 is 0 Å². The van der Waals surface area contributed by atoms with Crippen LogP contribution in [0.15, 0.2) is 24.3 Å². The Kier molecular flexibility index (Phi) is 7.24. The van der Waals surface area contributed by atoms with Crippen molar-refractivity contribution in [3.63, 3.8) is 0 Å². The van der Waals surface area contributed by atoms with Gasteiger partial charge in [0.1, 0.15) is 5.82 Å². The Morgan fingerprint density at radius 3 is 2.28 bits per heavy atom. The van der Waals surface area contributed by atoms with E-state index in [1.54, 1.807) is 12.1 Å². The lowest BCUT2D eigenvalue weighted by Gasteiger charge is -2.33. The molecule has 1 heterocycles. The molecule has 2 amide bonds. The molecular formula is C20H32FN3O. The predicted octanol–water partition coefficient (Wildman–Crippen LogP) is 3.94. The van der Waals surface area contributed by atoms with Crippen molar-refractivity contribution >= 4 is 6.03 Å². The molecule has 2 N–H and O–H groups in total. The summed E-state index contributed by atoms with van der Waals surface area (Å²) in [7, 11) is 0. The second-order valence-corrected chi connectivity index (χ2v) is 7.86. The first-order chi connectivity index (χ1) is 11.8. The van der Waals surface area contributed by atoms with Crippen LogP contribution in [-0.4, -0.2) is 36.6 Å². The third-order valence-electron chi connectivity index (χ3n) is 4.73. The number of nitrogens with zero attached hydrogens (tertiary/aromatic N) is 1. The maximum atomic E-state index is 13.1. The molecular weight excluding hydrogens is 317 g/mol. The number of likely N-dealkylation sites (tertiary alicyclic amines) is 1. The fourth-order valence-corrected chi connectivity index (χ4v) is 3.45. The number of hydrogen-bond donors (Lipinski definition) is 2. The number of piperidine rings is 1. The summed E-state index contributed by atoms with van der Waals surface area (Å²) in [5.41, 5.74) is 0.929. The SMILES string of the molecule is CC(C)CN1CCC(NC(=O)NC(c2ccc(F)cc2)C(C)C)CC1. The Morgan fingerprint density at radius 1 is 1.16 bits per heavy atom. The molecule has 4 nitrogen and oxygen atoms in total. The highest BCUT2D eigenvalue weighted by Gasteiger charge is 2.23. The number of halogens is 1. The van der Waals surface area contributed by atoms with Crippen LogP contribution >= 0.6 is 0 Å². The second-order valence-electron chi connectivity index (χ2n) is 7.86. The lowest BCUT2D eigenvalue weighted by Crippen LogP contribution is -2.49. The monoisotopic (exact) mass is 349 g/mol. The molecule has 140 valence electrons. The molecule has 1 fully saturated rings. The molecule has 1 aromatic rings. The molecule has 0 aliphatic carbocycles. The van der Waals surface area contributed by atoms with Crippen molar-refractivity contribution in [1.29, 1.82) is 0 Å². The van der Waals surface area contributed by atoms with Crippen LogP contribution in [0.1, 0.15) is 52.1 Å². The van der Waals surface area contributed by atoms with E-state index in [0.29, 0.717) is 5.92 Å². The van der Waals surface area contributed by atoms with Crippen molar-refractivity contribution in [3.05, 3.63) is 35.6 Å². The molecule has 1 aliphatic heterocycles. The molecule has 1 saturated heterocycles. The summed E-state index contributed by atoms with van der Waals surface area (Å²) in [6, 6.07) is 6.33. The van der Waals surface area contributed by atoms with Crippen molar-refractivity contribution in [2.24, 2.45) is 11.8 Å². The Hall–Kier alpha value is -1.62. The molecule has 0 radical (unpaired) electrons. The maximum absolute atomic E-state index is 13.1. The highest BCUT2D eigenvalue weighted by Crippen LogP contribution is 2.22. The first-order valence-corrected chi connectivity index (χ1v) is 9.40. The maximum Gasteiger partial charge on any atom is 0.315 e. The first kappa shape index (κ1) is 19.7. The number of benzene rings is 1. The van der Waals surface area contributed by atoms with Crippen LogP contribution in [0.5, 0.6) is 0 Å². The summed E-state index contributed by atoms with van der Waals surface area (Å²) in [5, 5.41) is 6.17. The van der Waals surface area contributed by atoms with Gasteiger partial charge in [-0.15, -0.1) is 0 Å². The molecule has 25 heavy (non-hydrogen) atoms. The number of amides is 2. The van der Waals surface area contributed by atoms with Crippen molar-refractivity contribution < 1.29 is 9.18 Å². The van der Waals surface area contributed by atoms with Gasteiger partial charge in [0.25, 0.3) is 0 Å². The van der Waals surface area contributed by atoms with Crippen LogP contribution in [0.25, 0.3) is 0 Å². The molecule has 2 rings (SSSR count). The molecule has 0 aromatic heterocycles. The molecule has 1 atom stereocenters.